The van der Waals surface area contributed by atoms with Gasteiger partial charge in [-0.05, 0) is 32.1 Å². The predicted octanol–water partition coefficient (Wildman–Crippen LogP) is 5.14. The topological polar surface area (TPSA) is 68.2 Å². The Morgan fingerprint density at radius 3 is 1.84 bits per heavy atom. The quantitative estimate of drug-likeness (QED) is 0.287. The first kappa shape index (κ1) is 26.5. The van der Waals surface area contributed by atoms with Gasteiger partial charge in [0.2, 0.25) is 0 Å². The lowest BCUT2D eigenvalue weighted by atomic mass is 9.91. The SMILES string of the molecule is CC/C=C\C[C@H](O)/C=C/C=C\C=C\[C@@H](O)C/C=C\C/C=C\CCC12OCC(C)(CO1)CO2. The van der Waals surface area contributed by atoms with Gasteiger partial charge in [0.15, 0.2) is 0 Å². The first-order chi connectivity index (χ1) is 15.5. The van der Waals surface area contributed by atoms with Crippen LogP contribution in [0.25, 0.3) is 0 Å². The lowest BCUT2D eigenvalue weighted by Crippen LogP contribution is -2.58. The van der Waals surface area contributed by atoms with E-state index in [1.165, 1.54) is 0 Å². The molecule has 3 heterocycles. The molecule has 2 bridgehead atoms. The molecule has 0 unspecified atom stereocenters. The zero-order valence-corrected chi connectivity index (χ0v) is 19.6. The van der Waals surface area contributed by atoms with Crippen molar-refractivity contribution in [1.29, 1.82) is 0 Å². The lowest BCUT2D eigenvalue weighted by Gasteiger charge is -2.50. The van der Waals surface area contributed by atoms with E-state index in [1.54, 1.807) is 12.2 Å². The summed E-state index contributed by atoms with van der Waals surface area (Å²) in [6, 6.07) is 0. The Hall–Kier alpha value is -1.76. The highest BCUT2D eigenvalue weighted by atomic mass is 16.9. The normalized spacial score (nSPS) is 28.5. The van der Waals surface area contributed by atoms with Gasteiger partial charge in [-0.3, -0.25) is 0 Å². The zero-order valence-electron chi connectivity index (χ0n) is 19.6. The molecule has 0 aromatic heterocycles. The number of allylic oxidation sites excluding steroid dienone is 8. The Kier molecular flexibility index (Phi) is 11.9. The fraction of sp³-hybridized carbons (Fsp3) is 0.556. The molecule has 0 saturated carbocycles. The van der Waals surface area contributed by atoms with Crippen molar-refractivity contribution in [2.24, 2.45) is 5.41 Å². The third kappa shape index (κ3) is 10.2. The van der Waals surface area contributed by atoms with Gasteiger partial charge in [-0.15, -0.1) is 0 Å². The second kappa shape index (κ2) is 14.4. The number of hydrogen-bond acceptors (Lipinski definition) is 5. The van der Waals surface area contributed by atoms with Crippen molar-refractivity contribution in [3.05, 3.63) is 72.9 Å². The molecule has 0 aliphatic carbocycles. The van der Waals surface area contributed by atoms with Gasteiger partial charge in [0.05, 0.1) is 32.0 Å². The molecule has 3 aliphatic rings. The molecule has 0 amide bonds. The highest BCUT2D eigenvalue weighted by Gasteiger charge is 2.49. The van der Waals surface area contributed by atoms with Gasteiger partial charge >= 0.3 is 0 Å². The van der Waals surface area contributed by atoms with E-state index in [0.717, 1.165) is 19.3 Å². The van der Waals surface area contributed by atoms with Gasteiger partial charge in [0, 0.05) is 11.8 Å². The van der Waals surface area contributed by atoms with Crippen molar-refractivity contribution in [2.75, 3.05) is 19.8 Å². The van der Waals surface area contributed by atoms with E-state index in [-0.39, 0.29) is 5.41 Å². The molecule has 0 aromatic carbocycles. The molecular formula is C27H40O5. The number of hydrogen-bond donors (Lipinski definition) is 2. The first-order valence-corrected chi connectivity index (χ1v) is 11.7. The summed E-state index contributed by atoms with van der Waals surface area (Å²) in [4.78, 5) is 0. The van der Waals surface area contributed by atoms with Gasteiger partial charge in [-0.2, -0.15) is 0 Å². The van der Waals surface area contributed by atoms with E-state index < -0.39 is 18.2 Å². The maximum absolute atomic E-state index is 9.98. The van der Waals surface area contributed by atoms with Crippen molar-refractivity contribution in [3.8, 4) is 0 Å². The smallest absolute Gasteiger partial charge is 0.283 e. The number of rotatable bonds is 14. The van der Waals surface area contributed by atoms with Gasteiger partial charge in [0.1, 0.15) is 0 Å². The zero-order chi connectivity index (χ0) is 23.1. The number of fused-ring (bicyclic) bond motifs is 3. The molecule has 0 spiro atoms. The highest BCUT2D eigenvalue weighted by Crippen LogP contribution is 2.40. The molecule has 3 rings (SSSR count). The predicted molar refractivity (Wildman–Crippen MR) is 129 cm³/mol. The summed E-state index contributed by atoms with van der Waals surface area (Å²) in [6.07, 6.45) is 26.7. The van der Waals surface area contributed by atoms with Crippen LogP contribution >= 0.6 is 0 Å². The van der Waals surface area contributed by atoms with E-state index in [4.69, 9.17) is 14.2 Å². The largest absolute Gasteiger partial charge is 0.389 e. The Labute approximate surface area is 193 Å². The van der Waals surface area contributed by atoms with Crippen LogP contribution < -0.4 is 0 Å². The fourth-order valence-electron chi connectivity index (χ4n) is 3.28. The van der Waals surface area contributed by atoms with Crippen LogP contribution in [-0.2, 0) is 14.2 Å². The molecule has 3 saturated heterocycles. The van der Waals surface area contributed by atoms with E-state index in [1.807, 2.05) is 42.5 Å². The molecule has 0 radical (unpaired) electrons. The minimum absolute atomic E-state index is 0.00456. The van der Waals surface area contributed by atoms with Crippen molar-refractivity contribution in [3.63, 3.8) is 0 Å². The van der Waals surface area contributed by atoms with E-state index >= 15 is 0 Å². The average Bonchev–Trinajstić information content (AvgIpc) is 2.79. The monoisotopic (exact) mass is 444 g/mol. The minimum atomic E-state index is -0.843. The molecule has 32 heavy (non-hydrogen) atoms. The average molecular weight is 445 g/mol. The standard InChI is InChI=1S/C27H40O5/c1-3-4-11-16-24(28)18-13-8-9-14-19-25(29)17-12-7-5-6-10-15-20-27-30-21-26(2,22-31-27)23-32-27/h4,6-14,18-19,24-25,28-29H,3,5,15-17,20-23H2,1-2H3/b9-8-,10-6-,11-4-,12-7-,18-13+,19-14+/t24-,25-,26?,27?/m0/s1. The van der Waals surface area contributed by atoms with Gasteiger partial charge in [-0.1, -0.05) is 86.8 Å². The first-order valence-electron chi connectivity index (χ1n) is 11.7. The Morgan fingerprint density at radius 2 is 1.28 bits per heavy atom. The molecule has 5 heteroatoms. The Morgan fingerprint density at radius 1 is 0.750 bits per heavy atom. The van der Waals surface area contributed by atoms with Gasteiger partial charge < -0.3 is 24.4 Å². The second-order valence-corrected chi connectivity index (χ2v) is 8.72. The number of ether oxygens (including phenoxy) is 3. The number of aliphatic hydroxyl groups excluding tert-OH is 2. The summed E-state index contributed by atoms with van der Waals surface area (Å²) in [6.45, 7) is 6.28. The maximum atomic E-state index is 9.98. The summed E-state index contributed by atoms with van der Waals surface area (Å²) in [5, 5.41) is 19.7. The third-order valence-corrected chi connectivity index (χ3v) is 5.30. The van der Waals surface area contributed by atoms with Crippen LogP contribution in [-0.4, -0.2) is 48.2 Å². The minimum Gasteiger partial charge on any atom is -0.389 e. The second-order valence-electron chi connectivity index (χ2n) is 8.72. The van der Waals surface area contributed by atoms with E-state index in [2.05, 4.69) is 32.1 Å². The van der Waals surface area contributed by atoms with Crippen LogP contribution in [0.1, 0.15) is 52.4 Å². The van der Waals surface area contributed by atoms with Crippen LogP contribution in [0.15, 0.2) is 72.9 Å². The van der Waals surface area contributed by atoms with Crippen LogP contribution in [0.5, 0.6) is 0 Å². The van der Waals surface area contributed by atoms with Crippen molar-refractivity contribution in [2.45, 2.75) is 70.6 Å². The fourth-order valence-corrected chi connectivity index (χ4v) is 3.28. The van der Waals surface area contributed by atoms with Crippen LogP contribution in [0.3, 0.4) is 0 Å². The molecular weight excluding hydrogens is 404 g/mol. The lowest BCUT2D eigenvalue weighted by molar-refractivity contribution is -0.467. The van der Waals surface area contributed by atoms with Crippen molar-refractivity contribution >= 4 is 0 Å². The molecule has 3 fully saturated rings. The van der Waals surface area contributed by atoms with E-state index in [0.29, 0.717) is 39.1 Å². The maximum Gasteiger partial charge on any atom is 0.283 e. The Balaban J connectivity index is 1.52. The summed E-state index contributed by atoms with van der Waals surface area (Å²) in [5.74, 6) is -0.843. The van der Waals surface area contributed by atoms with Crippen molar-refractivity contribution < 1.29 is 24.4 Å². The van der Waals surface area contributed by atoms with Crippen LogP contribution in [0.4, 0.5) is 0 Å². The number of aliphatic hydroxyl groups is 2. The van der Waals surface area contributed by atoms with Crippen LogP contribution in [0.2, 0.25) is 0 Å². The molecule has 2 N–H and O–H groups in total. The summed E-state index contributed by atoms with van der Waals surface area (Å²) in [5.41, 5.74) is 0.00456. The third-order valence-electron chi connectivity index (χ3n) is 5.30. The molecule has 0 aromatic rings. The molecule has 5 nitrogen and oxygen atoms in total. The van der Waals surface area contributed by atoms with E-state index in [9.17, 15) is 10.2 Å². The van der Waals surface area contributed by atoms with Gasteiger partial charge in [-0.25, -0.2) is 0 Å². The molecule has 178 valence electrons. The van der Waals surface area contributed by atoms with Crippen LogP contribution in [0, 0.1) is 5.41 Å². The highest BCUT2D eigenvalue weighted by molar-refractivity contribution is 5.13. The van der Waals surface area contributed by atoms with Gasteiger partial charge in [0.25, 0.3) is 5.97 Å². The summed E-state index contributed by atoms with van der Waals surface area (Å²) >= 11 is 0. The van der Waals surface area contributed by atoms with Crippen molar-refractivity contribution in [1.82, 2.24) is 0 Å². The summed E-state index contributed by atoms with van der Waals surface area (Å²) < 4.78 is 17.3. The molecule has 2 atom stereocenters. The molecule has 3 aliphatic heterocycles. The summed E-state index contributed by atoms with van der Waals surface area (Å²) in [7, 11) is 0. The Bertz CT molecular complexity index is 676.